The summed E-state index contributed by atoms with van der Waals surface area (Å²) in [6.45, 7) is 1.90. The molecule has 0 fully saturated rings. The summed E-state index contributed by atoms with van der Waals surface area (Å²) in [5.74, 6) is -0.373. The van der Waals surface area contributed by atoms with Crippen LogP contribution in [0.3, 0.4) is 0 Å². The van der Waals surface area contributed by atoms with Crippen molar-refractivity contribution in [3.05, 3.63) is 23.4 Å². The minimum absolute atomic E-state index is 0.373. The largest absolute Gasteiger partial charge is 0.481 e. The zero-order valence-corrected chi connectivity index (χ0v) is 8.56. The van der Waals surface area contributed by atoms with Gasteiger partial charge in [-0.25, -0.2) is 4.98 Å². The molecule has 0 radical (unpaired) electrons. The van der Waals surface area contributed by atoms with E-state index in [1.807, 2.05) is 6.92 Å². The van der Waals surface area contributed by atoms with Crippen molar-refractivity contribution < 1.29 is 17.9 Å². The molecule has 2 nitrogen and oxygen atoms in total. The van der Waals surface area contributed by atoms with Gasteiger partial charge in [-0.1, -0.05) is 13.3 Å². The van der Waals surface area contributed by atoms with Crippen molar-refractivity contribution >= 4 is 0 Å². The summed E-state index contributed by atoms with van der Waals surface area (Å²) in [4.78, 5) is 3.64. The van der Waals surface area contributed by atoms with E-state index < -0.39 is 11.7 Å². The van der Waals surface area contributed by atoms with Gasteiger partial charge in [0.15, 0.2) is 0 Å². The zero-order valence-electron chi connectivity index (χ0n) is 8.56. The van der Waals surface area contributed by atoms with E-state index in [0.717, 1.165) is 12.5 Å². The van der Waals surface area contributed by atoms with Gasteiger partial charge in [0.1, 0.15) is 5.56 Å². The third kappa shape index (κ3) is 2.84. The fourth-order valence-electron chi connectivity index (χ4n) is 1.29. The lowest BCUT2D eigenvalue weighted by atomic mass is 10.1. The lowest BCUT2D eigenvalue weighted by Gasteiger charge is -2.11. The average Bonchev–Trinajstić information content (AvgIpc) is 2.17. The first kappa shape index (κ1) is 11.8. The zero-order chi connectivity index (χ0) is 11.5. The summed E-state index contributed by atoms with van der Waals surface area (Å²) >= 11 is 0. The van der Waals surface area contributed by atoms with Crippen LogP contribution in [0, 0.1) is 0 Å². The topological polar surface area (TPSA) is 22.1 Å². The molecule has 0 saturated heterocycles. The van der Waals surface area contributed by atoms with E-state index in [2.05, 4.69) is 9.72 Å². The average molecular weight is 219 g/mol. The van der Waals surface area contributed by atoms with Crippen LogP contribution in [0.15, 0.2) is 12.3 Å². The van der Waals surface area contributed by atoms with Crippen LogP contribution in [0.25, 0.3) is 0 Å². The number of hydrogen-bond donors (Lipinski definition) is 0. The Labute approximate surface area is 86.1 Å². The summed E-state index contributed by atoms with van der Waals surface area (Å²) in [5.41, 5.74) is -0.235. The lowest BCUT2D eigenvalue weighted by Crippen LogP contribution is -2.09. The molecular formula is C10H12F3NO. The maximum Gasteiger partial charge on any atom is 0.421 e. The van der Waals surface area contributed by atoms with Gasteiger partial charge in [0.2, 0.25) is 5.88 Å². The molecule has 0 aliphatic rings. The Bertz CT molecular complexity index is 336. The van der Waals surface area contributed by atoms with Crippen molar-refractivity contribution in [2.75, 3.05) is 7.11 Å². The van der Waals surface area contributed by atoms with Crippen LogP contribution in [-0.4, -0.2) is 12.1 Å². The standard InChI is InChI=1S/C10H12F3NO/c1-3-4-7-5-8(10(11,12)13)9(15-2)14-6-7/h5-6H,3-4H2,1-2H3. The Hall–Kier alpha value is -1.26. The number of hydrogen-bond acceptors (Lipinski definition) is 2. The predicted molar refractivity (Wildman–Crippen MR) is 49.8 cm³/mol. The molecule has 0 aliphatic heterocycles. The molecule has 84 valence electrons. The van der Waals surface area contributed by atoms with Crippen molar-refractivity contribution in [2.45, 2.75) is 25.9 Å². The van der Waals surface area contributed by atoms with E-state index in [0.29, 0.717) is 12.0 Å². The number of halogens is 3. The first-order valence-corrected chi connectivity index (χ1v) is 4.59. The van der Waals surface area contributed by atoms with E-state index in [1.54, 1.807) is 0 Å². The molecular weight excluding hydrogens is 207 g/mol. The highest BCUT2D eigenvalue weighted by molar-refractivity contribution is 5.32. The van der Waals surface area contributed by atoms with Crippen molar-refractivity contribution in [1.29, 1.82) is 0 Å². The molecule has 1 aromatic rings. The van der Waals surface area contributed by atoms with E-state index in [4.69, 9.17) is 0 Å². The minimum atomic E-state index is -4.41. The third-order valence-corrected chi connectivity index (χ3v) is 1.95. The molecule has 1 aromatic heterocycles. The van der Waals surface area contributed by atoms with Crippen molar-refractivity contribution in [3.8, 4) is 5.88 Å². The molecule has 0 saturated carbocycles. The van der Waals surface area contributed by atoms with Crippen molar-refractivity contribution in [2.24, 2.45) is 0 Å². The van der Waals surface area contributed by atoms with Gasteiger partial charge in [-0.2, -0.15) is 13.2 Å². The molecule has 15 heavy (non-hydrogen) atoms. The summed E-state index contributed by atoms with van der Waals surface area (Å²) in [6, 6.07) is 1.09. The highest BCUT2D eigenvalue weighted by Gasteiger charge is 2.35. The van der Waals surface area contributed by atoms with Crippen LogP contribution < -0.4 is 4.74 Å². The maximum absolute atomic E-state index is 12.5. The molecule has 0 spiro atoms. The highest BCUT2D eigenvalue weighted by Crippen LogP contribution is 2.35. The van der Waals surface area contributed by atoms with Gasteiger partial charge in [0, 0.05) is 6.20 Å². The first-order valence-electron chi connectivity index (χ1n) is 4.59. The van der Waals surface area contributed by atoms with Crippen LogP contribution in [-0.2, 0) is 12.6 Å². The number of aryl methyl sites for hydroxylation is 1. The SMILES string of the molecule is CCCc1cnc(OC)c(C(F)(F)F)c1. The molecule has 0 aliphatic carbocycles. The fourth-order valence-corrected chi connectivity index (χ4v) is 1.29. The Morgan fingerprint density at radius 3 is 2.53 bits per heavy atom. The number of ether oxygens (including phenoxy) is 1. The molecule has 1 rings (SSSR count). The number of methoxy groups -OCH3 is 1. The van der Waals surface area contributed by atoms with E-state index in [1.165, 1.54) is 13.3 Å². The molecule has 0 amide bonds. The Kier molecular flexibility index (Phi) is 3.55. The van der Waals surface area contributed by atoms with Crippen LogP contribution >= 0.6 is 0 Å². The van der Waals surface area contributed by atoms with Crippen LogP contribution in [0.1, 0.15) is 24.5 Å². The second kappa shape index (κ2) is 4.51. The quantitative estimate of drug-likeness (QED) is 0.779. The summed E-state index contributed by atoms with van der Waals surface area (Å²) < 4.78 is 42.2. The minimum Gasteiger partial charge on any atom is -0.481 e. The van der Waals surface area contributed by atoms with Gasteiger partial charge in [0.25, 0.3) is 0 Å². The molecule has 0 aromatic carbocycles. The summed E-state index contributed by atoms with van der Waals surface area (Å²) in [5, 5.41) is 0. The number of aromatic nitrogens is 1. The van der Waals surface area contributed by atoms with Crippen LogP contribution in [0.4, 0.5) is 13.2 Å². The van der Waals surface area contributed by atoms with E-state index in [9.17, 15) is 13.2 Å². The monoisotopic (exact) mass is 219 g/mol. The predicted octanol–water partition coefficient (Wildman–Crippen LogP) is 3.06. The molecule has 5 heteroatoms. The van der Waals surface area contributed by atoms with Gasteiger partial charge < -0.3 is 4.74 Å². The van der Waals surface area contributed by atoms with Gasteiger partial charge >= 0.3 is 6.18 Å². The van der Waals surface area contributed by atoms with Crippen molar-refractivity contribution in [3.63, 3.8) is 0 Å². The normalized spacial score (nSPS) is 11.5. The molecule has 1 heterocycles. The third-order valence-electron chi connectivity index (χ3n) is 1.95. The van der Waals surface area contributed by atoms with Gasteiger partial charge in [0.05, 0.1) is 7.11 Å². The number of nitrogens with zero attached hydrogens (tertiary/aromatic N) is 1. The first-order chi connectivity index (χ1) is 6.99. The van der Waals surface area contributed by atoms with E-state index >= 15 is 0 Å². The second-order valence-electron chi connectivity index (χ2n) is 3.15. The Balaban J connectivity index is 3.13. The Morgan fingerprint density at radius 1 is 1.40 bits per heavy atom. The van der Waals surface area contributed by atoms with Crippen LogP contribution in [0.5, 0.6) is 5.88 Å². The number of alkyl halides is 3. The summed E-state index contributed by atoms with van der Waals surface area (Å²) in [7, 11) is 1.18. The Morgan fingerprint density at radius 2 is 2.07 bits per heavy atom. The number of pyridine rings is 1. The lowest BCUT2D eigenvalue weighted by molar-refractivity contribution is -0.139. The van der Waals surface area contributed by atoms with Crippen molar-refractivity contribution in [1.82, 2.24) is 4.98 Å². The molecule has 0 N–H and O–H groups in total. The van der Waals surface area contributed by atoms with Gasteiger partial charge in [-0.3, -0.25) is 0 Å². The smallest absolute Gasteiger partial charge is 0.421 e. The molecule has 0 bridgehead atoms. The maximum atomic E-state index is 12.5. The van der Waals surface area contributed by atoms with Gasteiger partial charge in [-0.05, 0) is 18.1 Å². The number of rotatable bonds is 3. The molecule has 0 atom stereocenters. The highest BCUT2D eigenvalue weighted by atomic mass is 19.4. The van der Waals surface area contributed by atoms with E-state index in [-0.39, 0.29) is 5.88 Å². The second-order valence-corrected chi connectivity index (χ2v) is 3.15. The summed E-state index contributed by atoms with van der Waals surface area (Å²) in [6.07, 6.45) is -1.63. The molecule has 0 unspecified atom stereocenters. The fraction of sp³-hybridized carbons (Fsp3) is 0.500. The van der Waals surface area contributed by atoms with Crippen LogP contribution in [0.2, 0.25) is 0 Å². The van der Waals surface area contributed by atoms with Gasteiger partial charge in [-0.15, -0.1) is 0 Å².